The summed E-state index contributed by atoms with van der Waals surface area (Å²) in [7, 11) is -1.60. The summed E-state index contributed by atoms with van der Waals surface area (Å²) in [5.74, 6) is 0. The molecule has 2 fully saturated rings. The summed E-state index contributed by atoms with van der Waals surface area (Å²) >= 11 is 0. The van der Waals surface area contributed by atoms with Gasteiger partial charge in [-0.15, -0.1) is 0 Å². The Morgan fingerprint density at radius 1 is 1.38 bits per heavy atom. The smallest absolute Gasteiger partial charge is 0.243 e. The van der Waals surface area contributed by atoms with Crippen LogP contribution in [0.25, 0.3) is 0 Å². The van der Waals surface area contributed by atoms with E-state index < -0.39 is 10.0 Å². The molecular formula is C13H23N5O2S. The van der Waals surface area contributed by atoms with Gasteiger partial charge in [0.15, 0.2) is 0 Å². The molecule has 0 bridgehead atoms. The van der Waals surface area contributed by atoms with Gasteiger partial charge in [0.1, 0.15) is 4.90 Å². The molecule has 21 heavy (non-hydrogen) atoms. The van der Waals surface area contributed by atoms with Gasteiger partial charge in [-0.1, -0.05) is 0 Å². The van der Waals surface area contributed by atoms with Crippen LogP contribution in [-0.2, 0) is 16.6 Å². The summed E-state index contributed by atoms with van der Waals surface area (Å²) in [5.41, 5.74) is 0. The van der Waals surface area contributed by atoms with Crippen molar-refractivity contribution < 1.29 is 8.42 Å². The van der Waals surface area contributed by atoms with Gasteiger partial charge in [-0.05, 0) is 26.3 Å². The first kappa shape index (κ1) is 15.0. The van der Waals surface area contributed by atoms with Crippen LogP contribution in [0.3, 0.4) is 0 Å². The number of hydrogen-bond donors (Lipinski definition) is 2. The average molecular weight is 313 g/mol. The topological polar surface area (TPSA) is 79.3 Å². The van der Waals surface area contributed by atoms with Gasteiger partial charge in [0.05, 0.1) is 12.7 Å². The van der Waals surface area contributed by atoms with Crippen molar-refractivity contribution in [2.45, 2.75) is 42.8 Å². The van der Waals surface area contributed by atoms with Crippen LogP contribution < -0.4 is 10.0 Å². The van der Waals surface area contributed by atoms with Gasteiger partial charge in [-0.25, -0.2) is 13.1 Å². The monoisotopic (exact) mass is 313 g/mol. The minimum Gasteiger partial charge on any atom is -0.318 e. The van der Waals surface area contributed by atoms with Crippen molar-refractivity contribution >= 4 is 10.0 Å². The highest BCUT2D eigenvalue weighted by molar-refractivity contribution is 7.89. The quantitative estimate of drug-likeness (QED) is 0.717. The molecule has 7 nitrogen and oxygen atoms in total. The van der Waals surface area contributed by atoms with E-state index in [2.05, 4.69) is 20.0 Å². The lowest BCUT2D eigenvalue weighted by molar-refractivity contribution is 0.322. The van der Waals surface area contributed by atoms with Crippen LogP contribution in [0.5, 0.6) is 0 Å². The van der Waals surface area contributed by atoms with E-state index in [1.54, 1.807) is 10.9 Å². The SMILES string of the molecule is CNCCn1cc(S(=O)(=O)NC2CCN(C3CC3)C2)cn1. The molecular weight excluding hydrogens is 290 g/mol. The molecule has 2 N–H and O–H groups in total. The van der Waals surface area contributed by atoms with Crippen molar-refractivity contribution in [1.29, 1.82) is 0 Å². The fraction of sp³-hybridized carbons (Fsp3) is 0.769. The Balaban J connectivity index is 1.59. The molecule has 0 amide bonds. The van der Waals surface area contributed by atoms with E-state index in [0.717, 1.165) is 26.1 Å². The second-order valence-corrected chi connectivity index (χ2v) is 7.59. The van der Waals surface area contributed by atoms with Crippen molar-refractivity contribution in [2.75, 3.05) is 26.7 Å². The molecule has 2 aliphatic rings. The first-order valence-electron chi connectivity index (χ1n) is 7.52. The Morgan fingerprint density at radius 2 is 2.19 bits per heavy atom. The number of aromatic nitrogens is 2. The Kier molecular flexibility index (Phi) is 4.30. The van der Waals surface area contributed by atoms with Gasteiger partial charge in [-0.3, -0.25) is 9.58 Å². The minimum absolute atomic E-state index is 0.0243. The van der Waals surface area contributed by atoms with Crippen LogP contribution in [-0.4, -0.2) is 61.9 Å². The minimum atomic E-state index is -3.46. The van der Waals surface area contributed by atoms with Crippen molar-refractivity contribution in [1.82, 2.24) is 24.7 Å². The summed E-state index contributed by atoms with van der Waals surface area (Å²) < 4.78 is 29.2. The zero-order chi connectivity index (χ0) is 14.9. The lowest BCUT2D eigenvalue weighted by atomic mass is 10.3. The summed E-state index contributed by atoms with van der Waals surface area (Å²) in [5, 5.41) is 7.11. The molecule has 1 aromatic heterocycles. The van der Waals surface area contributed by atoms with Gasteiger partial charge in [0, 0.05) is 37.9 Å². The maximum absolute atomic E-state index is 12.4. The molecule has 1 saturated carbocycles. The van der Waals surface area contributed by atoms with E-state index in [0.29, 0.717) is 12.6 Å². The predicted octanol–water partition coefficient (Wildman–Crippen LogP) is -0.382. The van der Waals surface area contributed by atoms with E-state index in [4.69, 9.17) is 0 Å². The number of sulfonamides is 1. The third kappa shape index (κ3) is 3.63. The third-order valence-corrected chi connectivity index (χ3v) is 5.59. The van der Waals surface area contributed by atoms with Crippen LogP contribution in [0.1, 0.15) is 19.3 Å². The second-order valence-electron chi connectivity index (χ2n) is 5.88. The molecule has 2 heterocycles. The molecule has 1 aliphatic heterocycles. The number of likely N-dealkylation sites (N-methyl/N-ethyl adjacent to an activating group) is 1. The largest absolute Gasteiger partial charge is 0.318 e. The van der Waals surface area contributed by atoms with Crippen LogP contribution in [0.2, 0.25) is 0 Å². The number of hydrogen-bond acceptors (Lipinski definition) is 5. The fourth-order valence-electron chi connectivity index (χ4n) is 2.77. The van der Waals surface area contributed by atoms with E-state index in [-0.39, 0.29) is 10.9 Å². The highest BCUT2D eigenvalue weighted by atomic mass is 32.2. The van der Waals surface area contributed by atoms with Crippen LogP contribution in [0, 0.1) is 0 Å². The molecule has 0 radical (unpaired) electrons. The number of nitrogens with one attached hydrogen (secondary N) is 2. The molecule has 1 aromatic rings. The molecule has 1 saturated heterocycles. The predicted molar refractivity (Wildman–Crippen MR) is 79.5 cm³/mol. The molecule has 1 atom stereocenters. The van der Waals surface area contributed by atoms with Crippen molar-refractivity contribution in [3.8, 4) is 0 Å². The Bertz CT molecular complexity index is 581. The second kappa shape index (κ2) is 6.04. The highest BCUT2D eigenvalue weighted by Crippen LogP contribution is 2.30. The van der Waals surface area contributed by atoms with E-state index in [1.165, 1.54) is 19.0 Å². The Labute approximate surface area is 125 Å². The van der Waals surface area contributed by atoms with Gasteiger partial charge >= 0.3 is 0 Å². The summed E-state index contributed by atoms with van der Waals surface area (Å²) in [4.78, 5) is 2.65. The van der Waals surface area contributed by atoms with Gasteiger partial charge in [0.25, 0.3) is 0 Å². The Morgan fingerprint density at radius 3 is 2.90 bits per heavy atom. The van der Waals surface area contributed by atoms with E-state index in [1.807, 2.05) is 7.05 Å². The Hall–Kier alpha value is -0.960. The summed E-state index contributed by atoms with van der Waals surface area (Å²) in [6, 6.07) is 0.722. The average Bonchev–Trinajstić information content (AvgIpc) is 3.00. The molecule has 1 aliphatic carbocycles. The molecule has 0 spiro atoms. The van der Waals surface area contributed by atoms with Crippen molar-refractivity contribution in [2.24, 2.45) is 0 Å². The summed E-state index contributed by atoms with van der Waals surface area (Å²) in [6.45, 7) is 3.25. The van der Waals surface area contributed by atoms with Gasteiger partial charge in [0.2, 0.25) is 10.0 Å². The molecule has 118 valence electrons. The lowest BCUT2D eigenvalue weighted by Crippen LogP contribution is -2.37. The first-order chi connectivity index (χ1) is 10.1. The maximum Gasteiger partial charge on any atom is 0.243 e. The standard InChI is InChI=1S/C13H23N5O2S/c1-14-5-7-18-10-13(8-15-18)21(19,20)16-11-4-6-17(9-11)12-2-3-12/h8,10-12,14,16H,2-7,9H2,1H3. The molecule has 3 rings (SSSR count). The van der Waals surface area contributed by atoms with E-state index in [9.17, 15) is 8.42 Å². The third-order valence-electron chi connectivity index (χ3n) is 4.12. The van der Waals surface area contributed by atoms with Gasteiger partial charge in [-0.2, -0.15) is 5.10 Å². The van der Waals surface area contributed by atoms with Gasteiger partial charge < -0.3 is 5.32 Å². The highest BCUT2D eigenvalue weighted by Gasteiger charge is 2.35. The number of likely N-dealkylation sites (tertiary alicyclic amines) is 1. The number of nitrogens with zero attached hydrogens (tertiary/aromatic N) is 3. The van der Waals surface area contributed by atoms with Crippen LogP contribution in [0.15, 0.2) is 17.3 Å². The number of rotatable bonds is 7. The molecule has 8 heteroatoms. The lowest BCUT2D eigenvalue weighted by Gasteiger charge is -2.15. The first-order valence-corrected chi connectivity index (χ1v) is 9.00. The van der Waals surface area contributed by atoms with Crippen LogP contribution >= 0.6 is 0 Å². The fourth-order valence-corrected chi connectivity index (χ4v) is 3.99. The molecule has 1 unspecified atom stereocenters. The van der Waals surface area contributed by atoms with E-state index >= 15 is 0 Å². The van der Waals surface area contributed by atoms with Crippen LogP contribution in [0.4, 0.5) is 0 Å². The zero-order valence-electron chi connectivity index (χ0n) is 12.3. The van der Waals surface area contributed by atoms with Crippen molar-refractivity contribution in [3.63, 3.8) is 0 Å². The maximum atomic E-state index is 12.4. The zero-order valence-corrected chi connectivity index (χ0v) is 13.1. The normalized spacial score (nSPS) is 23.8. The molecule has 0 aromatic carbocycles. The summed E-state index contributed by atoms with van der Waals surface area (Å²) in [6.07, 6.45) is 6.43. The van der Waals surface area contributed by atoms with Crippen molar-refractivity contribution in [3.05, 3.63) is 12.4 Å².